The molecule has 0 aromatic heterocycles. The number of alkyl halides is 8. The minimum Gasteiger partial charge on any atom is -1.00 e. The van der Waals surface area contributed by atoms with Gasteiger partial charge in [0, 0.05) is 0 Å². The van der Waals surface area contributed by atoms with Gasteiger partial charge in [-0.25, -0.2) is 0 Å². The van der Waals surface area contributed by atoms with Crippen LogP contribution in [0, 0.1) is 0 Å². The van der Waals surface area contributed by atoms with E-state index in [1.807, 2.05) is 0 Å². The van der Waals surface area contributed by atoms with Crippen molar-refractivity contribution >= 4 is 0 Å². The fraction of sp³-hybridized carbons (Fsp3) is 1.00. The minimum absolute atomic E-state index is 0. The van der Waals surface area contributed by atoms with E-state index in [1.54, 1.807) is 0 Å². The Balaban J connectivity index is 0. The van der Waals surface area contributed by atoms with Crippen molar-refractivity contribution in [3.8, 4) is 0 Å². The number of halogens is 9. The Morgan fingerprint density at radius 2 is 1.13 bits per heavy atom. The van der Waals surface area contributed by atoms with Gasteiger partial charge in [0.2, 0.25) is 0 Å². The smallest absolute Gasteiger partial charge is 0.459 e. The second-order valence-corrected chi connectivity index (χ2v) is 2.51. The molecule has 0 spiro atoms. The predicted octanol–water partition coefficient (Wildman–Crippen LogP) is -1.69. The summed E-state index contributed by atoms with van der Waals surface area (Å²) in [6.07, 6.45) is -10.6. The molecule has 94 valence electrons. The van der Waals surface area contributed by atoms with Crippen LogP contribution < -0.4 is 17.7 Å². The topological polar surface area (TPSA) is 16.6 Å². The third-order valence-electron chi connectivity index (χ3n) is 1.19. The highest BCUT2D eigenvalue weighted by Gasteiger charge is 2.59. The molecule has 0 aliphatic heterocycles. The first-order chi connectivity index (χ1) is 5.96. The van der Waals surface area contributed by atoms with E-state index in [2.05, 4.69) is 0 Å². The SMILES string of the molecule is FC(F)(F)C[NH2+]CC(F)(F)C(F)(F)F.[Cl-]. The lowest BCUT2D eigenvalue weighted by atomic mass is 10.3. The monoisotopic (exact) mass is 267 g/mol. The van der Waals surface area contributed by atoms with Gasteiger partial charge in [-0.15, -0.1) is 0 Å². The summed E-state index contributed by atoms with van der Waals surface area (Å²) in [5.74, 6) is -5.10. The Bertz CT molecular complexity index is 184. The standard InChI is InChI=1S/C5H5F8N.ClH/c6-3(7,5(11,12)13)1-14-2-4(8,9)10;/h14H,1-2H2;1H. The fourth-order valence-electron chi connectivity index (χ4n) is 0.533. The van der Waals surface area contributed by atoms with E-state index in [9.17, 15) is 35.1 Å². The molecule has 0 aromatic carbocycles. The molecule has 0 radical (unpaired) electrons. The van der Waals surface area contributed by atoms with Crippen molar-refractivity contribution in [2.75, 3.05) is 13.1 Å². The summed E-state index contributed by atoms with van der Waals surface area (Å²) in [5.41, 5.74) is 0. The molecule has 0 saturated heterocycles. The number of quaternary nitrogens is 1. The third-order valence-corrected chi connectivity index (χ3v) is 1.19. The highest BCUT2D eigenvalue weighted by molar-refractivity contribution is 4.73. The summed E-state index contributed by atoms with van der Waals surface area (Å²) in [5, 5.41) is -0.131. The lowest BCUT2D eigenvalue weighted by Gasteiger charge is -2.18. The van der Waals surface area contributed by atoms with Crippen LogP contribution in [-0.4, -0.2) is 31.4 Å². The summed E-state index contributed by atoms with van der Waals surface area (Å²) in [7, 11) is 0. The molecule has 0 heterocycles. The number of hydrogen-bond acceptors (Lipinski definition) is 0. The van der Waals surface area contributed by atoms with Crippen LogP contribution in [0.25, 0.3) is 0 Å². The van der Waals surface area contributed by atoms with Gasteiger partial charge in [0.25, 0.3) is 0 Å². The van der Waals surface area contributed by atoms with Crippen LogP contribution in [0.5, 0.6) is 0 Å². The Hall–Kier alpha value is -0.310. The van der Waals surface area contributed by atoms with Crippen LogP contribution in [0.15, 0.2) is 0 Å². The van der Waals surface area contributed by atoms with E-state index < -0.39 is 31.4 Å². The van der Waals surface area contributed by atoms with Gasteiger partial charge >= 0.3 is 18.3 Å². The van der Waals surface area contributed by atoms with E-state index in [0.717, 1.165) is 0 Å². The van der Waals surface area contributed by atoms with Crippen molar-refractivity contribution in [1.82, 2.24) is 0 Å². The van der Waals surface area contributed by atoms with Gasteiger partial charge in [-0.05, 0) is 0 Å². The molecule has 0 aliphatic rings. The number of rotatable bonds is 3. The predicted molar refractivity (Wildman–Crippen MR) is 28.7 cm³/mol. The molecule has 0 unspecified atom stereocenters. The lowest BCUT2D eigenvalue weighted by molar-refractivity contribution is -0.694. The quantitative estimate of drug-likeness (QED) is 0.588. The van der Waals surface area contributed by atoms with E-state index >= 15 is 0 Å². The molecule has 0 fully saturated rings. The zero-order valence-corrected chi connectivity index (χ0v) is 7.65. The summed E-state index contributed by atoms with van der Waals surface area (Å²) in [6.45, 7) is -3.73. The Kier molecular flexibility index (Phi) is 5.87. The molecule has 0 aliphatic carbocycles. The van der Waals surface area contributed by atoms with Crippen LogP contribution in [0.3, 0.4) is 0 Å². The van der Waals surface area contributed by atoms with Crippen LogP contribution in [0.4, 0.5) is 35.1 Å². The van der Waals surface area contributed by atoms with Crippen LogP contribution in [0.1, 0.15) is 0 Å². The maximum Gasteiger partial charge on any atom is 0.459 e. The lowest BCUT2D eigenvalue weighted by Crippen LogP contribution is -3.00. The van der Waals surface area contributed by atoms with Crippen molar-refractivity contribution < 1.29 is 52.8 Å². The average Bonchev–Trinajstić information content (AvgIpc) is 1.80. The Morgan fingerprint density at radius 1 is 0.733 bits per heavy atom. The first-order valence-corrected chi connectivity index (χ1v) is 3.29. The van der Waals surface area contributed by atoms with Gasteiger partial charge in [-0.3, -0.25) is 0 Å². The van der Waals surface area contributed by atoms with Gasteiger partial charge in [-0.2, -0.15) is 35.1 Å². The number of hydrogen-bond donors (Lipinski definition) is 1. The summed E-state index contributed by atoms with van der Waals surface area (Å²) < 4.78 is 92.3. The van der Waals surface area contributed by atoms with E-state index in [-0.39, 0.29) is 17.7 Å². The average molecular weight is 268 g/mol. The highest BCUT2D eigenvalue weighted by atomic mass is 35.5. The minimum atomic E-state index is -5.81. The van der Waals surface area contributed by atoms with E-state index in [4.69, 9.17) is 0 Å². The number of nitrogens with two attached hydrogens (primary N) is 1. The summed E-state index contributed by atoms with van der Waals surface area (Å²) in [4.78, 5) is 0. The summed E-state index contributed by atoms with van der Waals surface area (Å²) in [6, 6.07) is 0. The van der Waals surface area contributed by atoms with Crippen molar-refractivity contribution in [2.24, 2.45) is 0 Å². The van der Waals surface area contributed by atoms with Crippen molar-refractivity contribution in [3.63, 3.8) is 0 Å². The molecule has 1 nitrogen and oxygen atoms in total. The second-order valence-electron chi connectivity index (χ2n) is 2.51. The van der Waals surface area contributed by atoms with Crippen LogP contribution >= 0.6 is 0 Å². The maximum atomic E-state index is 12.0. The molecule has 0 rings (SSSR count). The Morgan fingerprint density at radius 3 is 1.40 bits per heavy atom. The van der Waals surface area contributed by atoms with Gasteiger partial charge in [0.15, 0.2) is 13.1 Å². The third kappa shape index (κ3) is 6.72. The zero-order chi connectivity index (χ0) is 11.6. The molecule has 2 N–H and O–H groups in total. The molecular formula is C5H6ClF8N. The zero-order valence-electron chi connectivity index (χ0n) is 6.89. The molecule has 0 atom stereocenters. The van der Waals surface area contributed by atoms with Gasteiger partial charge in [-0.1, -0.05) is 0 Å². The van der Waals surface area contributed by atoms with E-state index in [1.165, 1.54) is 0 Å². The fourth-order valence-corrected chi connectivity index (χ4v) is 0.533. The molecule has 15 heavy (non-hydrogen) atoms. The van der Waals surface area contributed by atoms with Crippen LogP contribution in [0.2, 0.25) is 0 Å². The molecular weight excluding hydrogens is 261 g/mol. The van der Waals surface area contributed by atoms with Crippen molar-refractivity contribution in [1.29, 1.82) is 0 Å². The van der Waals surface area contributed by atoms with Crippen molar-refractivity contribution in [3.05, 3.63) is 0 Å². The second kappa shape index (κ2) is 5.15. The first kappa shape index (κ1) is 17.1. The normalized spacial score (nSPS) is 13.6. The molecule has 0 saturated carbocycles. The van der Waals surface area contributed by atoms with E-state index in [0.29, 0.717) is 0 Å². The van der Waals surface area contributed by atoms with Gasteiger partial charge in [0.1, 0.15) is 0 Å². The maximum absolute atomic E-state index is 12.0. The Labute approximate surface area is 85.2 Å². The molecule has 0 bridgehead atoms. The molecule has 10 heteroatoms. The molecule has 0 amide bonds. The van der Waals surface area contributed by atoms with Crippen LogP contribution in [-0.2, 0) is 0 Å². The van der Waals surface area contributed by atoms with Gasteiger partial charge < -0.3 is 17.7 Å². The highest BCUT2D eigenvalue weighted by Crippen LogP contribution is 2.33. The largest absolute Gasteiger partial charge is 1.00 e. The summed E-state index contributed by atoms with van der Waals surface area (Å²) >= 11 is 0. The van der Waals surface area contributed by atoms with Crippen molar-refractivity contribution in [2.45, 2.75) is 18.3 Å². The first-order valence-electron chi connectivity index (χ1n) is 3.29. The van der Waals surface area contributed by atoms with Gasteiger partial charge in [0.05, 0.1) is 0 Å². The molecule has 0 aromatic rings.